The van der Waals surface area contributed by atoms with E-state index in [0.29, 0.717) is 13.1 Å². The Morgan fingerprint density at radius 1 is 1.15 bits per heavy atom. The van der Waals surface area contributed by atoms with Crippen LogP contribution in [0.15, 0.2) is 58.3 Å². The van der Waals surface area contributed by atoms with E-state index < -0.39 is 9.84 Å². The third-order valence-corrected chi connectivity index (χ3v) is 6.15. The average molecular weight is 374 g/mol. The molecule has 0 bridgehead atoms. The molecule has 0 spiro atoms. The lowest BCUT2D eigenvalue weighted by atomic mass is 10.1. The van der Waals surface area contributed by atoms with Gasteiger partial charge in [0.2, 0.25) is 15.7 Å². The predicted molar refractivity (Wildman–Crippen MR) is 97.4 cm³/mol. The van der Waals surface area contributed by atoms with Crippen LogP contribution in [-0.4, -0.2) is 34.0 Å². The van der Waals surface area contributed by atoms with Crippen LogP contribution in [-0.2, 0) is 25.8 Å². The summed E-state index contributed by atoms with van der Waals surface area (Å²) in [5.74, 6) is -0.202. The van der Waals surface area contributed by atoms with Gasteiger partial charge in [-0.2, -0.15) is 0 Å². The molecule has 0 fully saturated rings. The van der Waals surface area contributed by atoms with E-state index in [-0.39, 0.29) is 28.4 Å². The summed E-state index contributed by atoms with van der Waals surface area (Å²) in [5.41, 5.74) is 7.25. The van der Waals surface area contributed by atoms with Crippen LogP contribution in [0.5, 0.6) is 0 Å². The van der Waals surface area contributed by atoms with E-state index in [9.17, 15) is 13.2 Å². The van der Waals surface area contributed by atoms with Crippen molar-refractivity contribution in [1.29, 1.82) is 0 Å². The van der Waals surface area contributed by atoms with Crippen LogP contribution in [0.4, 0.5) is 0 Å². The fraction of sp³-hybridized carbons (Fsp3) is 0.316. The highest BCUT2D eigenvalue weighted by Gasteiger charge is 2.26. The van der Waals surface area contributed by atoms with Gasteiger partial charge in [-0.1, -0.05) is 24.3 Å². The zero-order valence-corrected chi connectivity index (χ0v) is 15.2. The fourth-order valence-corrected chi connectivity index (χ4v) is 4.40. The van der Waals surface area contributed by atoms with Gasteiger partial charge in [-0.3, -0.25) is 4.79 Å². The first-order chi connectivity index (χ1) is 12.5. The van der Waals surface area contributed by atoms with Crippen LogP contribution >= 0.6 is 0 Å². The SMILES string of the molecule is NCCNC(=O)COC1CCc2cc(S(=O)(=O)c3ccccc3)ccc21. The zero-order chi connectivity index (χ0) is 18.6. The van der Waals surface area contributed by atoms with Crippen LogP contribution in [0.1, 0.15) is 23.7 Å². The monoisotopic (exact) mass is 374 g/mol. The topological polar surface area (TPSA) is 98.5 Å². The molecule has 0 aromatic heterocycles. The molecule has 0 radical (unpaired) electrons. The second kappa shape index (κ2) is 7.99. The van der Waals surface area contributed by atoms with Crippen molar-refractivity contribution in [3.8, 4) is 0 Å². The molecule has 1 amide bonds. The molecule has 3 N–H and O–H groups in total. The average Bonchev–Trinajstić information content (AvgIpc) is 3.07. The zero-order valence-electron chi connectivity index (χ0n) is 14.4. The van der Waals surface area contributed by atoms with Crippen molar-refractivity contribution < 1.29 is 17.9 Å². The number of ether oxygens (including phenoxy) is 1. The van der Waals surface area contributed by atoms with E-state index in [1.54, 1.807) is 48.5 Å². The van der Waals surface area contributed by atoms with Gasteiger partial charge in [0.25, 0.3) is 0 Å². The summed E-state index contributed by atoms with van der Waals surface area (Å²) in [4.78, 5) is 12.2. The first-order valence-corrected chi connectivity index (χ1v) is 10.0. The number of fused-ring (bicyclic) bond motifs is 1. The van der Waals surface area contributed by atoms with Gasteiger partial charge in [-0.05, 0) is 48.2 Å². The predicted octanol–water partition coefficient (Wildman–Crippen LogP) is 1.60. The van der Waals surface area contributed by atoms with Gasteiger partial charge in [0.1, 0.15) is 6.61 Å². The van der Waals surface area contributed by atoms with E-state index in [2.05, 4.69) is 5.32 Å². The molecule has 6 nitrogen and oxygen atoms in total. The van der Waals surface area contributed by atoms with E-state index in [1.807, 2.05) is 0 Å². The van der Waals surface area contributed by atoms with E-state index in [0.717, 1.165) is 24.0 Å². The van der Waals surface area contributed by atoms with Crippen molar-refractivity contribution in [2.75, 3.05) is 19.7 Å². The van der Waals surface area contributed by atoms with Crippen molar-refractivity contribution in [3.05, 3.63) is 59.7 Å². The summed E-state index contributed by atoms with van der Waals surface area (Å²) in [5, 5.41) is 2.66. The standard InChI is InChI=1S/C19H22N2O4S/c20-10-11-21-19(22)13-25-18-9-6-14-12-16(7-8-17(14)18)26(23,24)15-4-2-1-3-5-15/h1-5,7-8,12,18H,6,9-11,13,20H2,(H,21,22). The van der Waals surface area contributed by atoms with Crippen LogP contribution in [0, 0.1) is 0 Å². The third kappa shape index (κ3) is 3.95. The van der Waals surface area contributed by atoms with Crippen molar-refractivity contribution in [2.24, 2.45) is 5.73 Å². The summed E-state index contributed by atoms with van der Waals surface area (Å²) in [6, 6.07) is 13.5. The fourth-order valence-electron chi connectivity index (χ4n) is 3.07. The second-order valence-corrected chi connectivity index (χ2v) is 8.10. The van der Waals surface area contributed by atoms with Crippen LogP contribution in [0.25, 0.3) is 0 Å². The molecule has 2 aromatic carbocycles. The Balaban J connectivity index is 1.73. The first-order valence-electron chi connectivity index (χ1n) is 8.53. The van der Waals surface area contributed by atoms with Gasteiger partial charge in [-0.25, -0.2) is 8.42 Å². The van der Waals surface area contributed by atoms with Gasteiger partial charge >= 0.3 is 0 Å². The molecule has 0 heterocycles. The molecule has 138 valence electrons. The molecule has 1 aliphatic carbocycles. The maximum Gasteiger partial charge on any atom is 0.246 e. The quantitative estimate of drug-likeness (QED) is 0.767. The maximum atomic E-state index is 12.7. The number of aryl methyl sites for hydroxylation is 1. The highest BCUT2D eigenvalue weighted by atomic mass is 32.2. The maximum absolute atomic E-state index is 12.7. The number of hydrogen-bond acceptors (Lipinski definition) is 5. The largest absolute Gasteiger partial charge is 0.364 e. The Hall–Kier alpha value is -2.22. The van der Waals surface area contributed by atoms with Gasteiger partial charge in [0.15, 0.2) is 0 Å². The lowest BCUT2D eigenvalue weighted by Gasteiger charge is -2.14. The molecule has 1 atom stereocenters. The number of carbonyl (C=O) groups is 1. The van der Waals surface area contributed by atoms with Gasteiger partial charge < -0.3 is 15.8 Å². The summed E-state index contributed by atoms with van der Waals surface area (Å²) in [6.07, 6.45) is 1.26. The summed E-state index contributed by atoms with van der Waals surface area (Å²) < 4.78 is 31.2. The smallest absolute Gasteiger partial charge is 0.246 e. The van der Waals surface area contributed by atoms with E-state index in [4.69, 9.17) is 10.5 Å². The van der Waals surface area contributed by atoms with Crippen molar-refractivity contribution in [3.63, 3.8) is 0 Å². The number of nitrogens with two attached hydrogens (primary N) is 1. The molecule has 0 aliphatic heterocycles. The molecular formula is C19H22N2O4S. The third-order valence-electron chi connectivity index (χ3n) is 4.38. The molecule has 2 aromatic rings. The van der Waals surface area contributed by atoms with E-state index in [1.165, 1.54) is 0 Å². The molecule has 7 heteroatoms. The number of carbonyl (C=O) groups excluding carboxylic acids is 1. The van der Waals surface area contributed by atoms with Gasteiger partial charge in [0.05, 0.1) is 15.9 Å². The van der Waals surface area contributed by atoms with Crippen LogP contribution in [0.2, 0.25) is 0 Å². The molecule has 3 rings (SSSR count). The van der Waals surface area contributed by atoms with Crippen molar-refractivity contribution in [1.82, 2.24) is 5.32 Å². The minimum atomic E-state index is -3.53. The summed E-state index contributed by atoms with van der Waals surface area (Å²) in [6.45, 7) is 0.773. The lowest BCUT2D eigenvalue weighted by molar-refractivity contribution is -0.127. The summed E-state index contributed by atoms with van der Waals surface area (Å²) >= 11 is 0. The number of sulfone groups is 1. The molecule has 1 aliphatic rings. The van der Waals surface area contributed by atoms with Gasteiger partial charge in [-0.15, -0.1) is 0 Å². The Kier molecular flexibility index (Phi) is 5.70. The molecule has 0 saturated heterocycles. The molecular weight excluding hydrogens is 352 g/mol. The molecule has 1 unspecified atom stereocenters. The summed E-state index contributed by atoms with van der Waals surface area (Å²) in [7, 11) is -3.53. The second-order valence-electron chi connectivity index (χ2n) is 6.15. The Bertz CT molecular complexity index is 882. The number of benzene rings is 2. The molecule has 26 heavy (non-hydrogen) atoms. The first kappa shape index (κ1) is 18.6. The van der Waals surface area contributed by atoms with Crippen molar-refractivity contribution in [2.45, 2.75) is 28.7 Å². The Morgan fingerprint density at radius 2 is 1.92 bits per heavy atom. The van der Waals surface area contributed by atoms with Crippen molar-refractivity contribution >= 4 is 15.7 Å². The van der Waals surface area contributed by atoms with Crippen LogP contribution in [0.3, 0.4) is 0 Å². The minimum Gasteiger partial charge on any atom is -0.364 e. The minimum absolute atomic E-state index is 0.0336. The number of rotatable bonds is 7. The van der Waals surface area contributed by atoms with E-state index >= 15 is 0 Å². The number of amides is 1. The Labute approximate surface area is 153 Å². The normalized spacial score (nSPS) is 16.3. The number of hydrogen-bond donors (Lipinski definition) is 2. The highest BCUT2D eigenvalue weighted by Crippen LogP contribution is 2.36. The Morgan fingerprint density at radius 3 is 2.65 bits per heavy atom. The molecule has 0 saturated carbocycles. The number of nitrogens with one attached hydrogen (secondary N) is 1. The lowest BCUT2D eigenvalue weighted by Crippen LogP contribution is -2.32. The highest BCUT2D eigenvalue weighted by molar-refractivity contribution is 7.91. The van der Waals surface area contributed by atoms with Crippen LogP contribution < -0.4 is 11.1 Å². The van der Waals surface area contributed by atoms with Gasteiger partial charge in [0, 0.05) is 13.1 Å².